The van der Waals surface area contributed by atoms with E-state index in [4.69, 9.17) is 4.74 Å². The zero-order valence-corrected chi connectivity index (χ0v) is 13.5. The standard InChI is InChI=1S/C18H25FN2O2/c19-16-6-4-15(5-7-16)17-3-1-2-9-21(17)18(22)8-10-20-11-13-23-14-12-20/h4-7,17H,1-3,8-14H2. The first-order valence-corrected chi connectivity index (χ1v) is 8.59. The maximum Gasteiger partial charge on any atom is 0.224 e. The monoisotopic (exact) mass is 320 g/mol. The number of amides is 1. The summed E-state index contributed by atoms with van der Waals surface area (Å²) >= 11 is 0. The lowest BCUT2D eigenvalue weighted by atomic mass is 9.95. The Hall–Kier alpha value is -1.46. The van der Waals surface area contributed by atoms with Crippen LogP contribution in [0.1, 0.15) is 37.3 Å². The molecule has 0 saturated carbocycles. The lowest BCUT2D eigenvalue weighted by Crippen LogP contribution is -2.42. The van der Waals surface area contributed by atoms with E-state index >= 15 is 0 Å². The number of piperidine rings is 1. The van der Waals surface area contributed by atoms with Crippen LogP contribution in [0.3, 0.4) is 0 Å². The first-order valence-electron chi connectivity index (χ1n) is 8.59. The minimum absolute atomic E-state index is 0.0986. The van der Waals surface area contributed by atoms with Gasteiger partial charge in [-0.15, -0.1) is 0 Å². The van der Waals surface area contributed by atoms with E-state index in [1.54, 1.807) is 0 Å². The highest BCUT2D eigenvalue weighted by Gasteiger charge is 2.28. The summed E-state index contributed by atoms with van der Waals surface area (Å²) in [6.07, 6.45) is 3.70. The van der Waals surface area contributed by atoms with Crippen LogP contribution in [-0.4, -0.2) is 55.1 Å². The zero-order valence-electron chi connectivity index (χ0n) is 13.5. The molecule has 0 radical (unpaired) electrons. The van der Waals surface area contributed by atoms with Crippen molar-refractivity contribution in [1.29, 1.82) is 0 Å². The molecule has 2 aliphatic heterocycles. The molecular formula is C18H25FN2O2. The number of benzene rings is 1. The quantitative estimate of drug-likeness (QED) is 0.855. The second kappa shape index (κ2) is 7.88. The third-order valence-electron chi connectivity index (χ3n) is 4.82. The Balaban J connectivity index is 1.60. The van der Waals surface area contributed by atoms with Gasteiger partial charge in [-0.05, 0) is 37.0 Å². The average molecular weight is 320 g/mol. The highest BCUT2D eigenvalue weighted by molar-refractivity contribution is 5.77. The van der Waals surface area contributed by atoms with Crippen LogP contribution in [0, 0.1) is 5.82 Å². The molecule has 3 rings (SSSR count). The Morgan fingerprint density at radius 3 is 2.61 bits per heavy atom. The predicted octanol–water partition coefficient (Wildman–Crippen LogP) is 2.60. The van der Waals surface area contributed by atoms with E-state index in [0.29, 0.717) is 6.42 Å². The van der Waals surface area contributed by atoms with Gasteiger partial charge in [0.2, 0.25) is 5.91 Å². The molecule has 2 aliphatic rings. The van der Waals surface area contributed by atoms with Crippen molar-refractivity contribution < 1.29 is 13.9 Å². The molecule has 0 bridgehead atoms. The molecule has 1 aromatic carbocycles. The van der Waals surface area contributed by atoms with Crippen molar-refractivity contribution in [2.45, 2.75) is 31.7 Å². The van der Waals surface area contributed by atoms with Crippen molar-refractivity contribution in [1.82, 2.24) is 9.80 Å². The fraction of sp³-hybridized carbons (Fsp3) is 0.611. The van der Waals surface area contributed by atoms with Gasteiger partial charge in [0.25, 0.3) is 0 Å². The van der Waals surface area contributed by atoms with Gasteiger partial charge in [-0.2, -0.15) is 0 Å². The molecule has 1 amide bonds. The Labute approximate surface area is 137 Å². The van der Waals surface area contributed by atoms with Crippen molar-refractivity contribution in [3.05, 3.63) is 35.6 Å². The molecule has 126 valence electrons. The van der Waals surface area contributed by atoms with Gasteiger partial charge in [-0.3, -0.25) is 9.69 Å². The third kappa shape index (κ3) is 4.30. The maximum atomic E-state index is 13.1. The summed E-state index contributed by atoms with van der Waals surface area (Å²) in [6.45, 7) is 4.95. The topological polar surface area (TPSA) is 32.8 Å². The number of hydrogen-bond acceptors (Lipinski definition) is 3. The molecule has 2 saturated heterocycles. The summed E-state index contributed by atoms with van der Waals surface area (Å²) < 4.78 is 18.5. The summed E-state index contributed by atoms with van der Waals surface area (Å²) in [7, 11) is 0. The van der Waals surface area contributed by atoms with Crippen LogP contribution in [0.2, 0.25) is 0 Å². The molecule has 1 atom stereocenters. The van der Waals surface area contributed by atoms with Gasteiger partial charge >= 0.3 is 0 Å². The number of halogens is 1. The number of likely N-dealkylation sites (tertiary alicyclic amines) is 1. The van der Waals surface area contributed by atoms with Crippen LogP contribution in [0.5, 0.6) is 0 Å². The smallest absolute Gasteiger partial charge is 0.224 e. The molecule has 1 aromatic rings. The predicted molar refractivity (Wildman–Crippen MR) is 86.6 cm³/mol. The summed E-state index contributed by atoms with van der Waals surface area (Å²) in [4.78, 5) is 17.0. The van der Waals surface area contributed by atoms with Crippen molar-refractivity contribution in [3.63, 3.8) is 0 Å². The number of ether oxygens (including phenoxy) is 1. The van der Waals surface area contributed by atoms with Crippen molar-refractivity contribution >= 4 is 5.91 Å². The summed E-state index contributed by atoms with van der Waals surface area (Å²) in [5.74, 6) is -0.0136. The van der Waals surface area contributed by atoms with Gasteiger partial charge in [0.05, 0.1) is 19.3 Å². The number of hydrogen-bond donors (Lipinski definition) is 0. The summed E-state index contributed by atoms with van der Waals surface area (Å²) in [5, 5.41) is 0. The van der Waals surface area contributed by atoms with E-state index in [2.05, 4.69) is 4.90 Å². The fourth-order valence-corrected chi connectivity index (χ4v) is 3.48. The Bertz CT molecular complexity index is 514. The number of rotatable bonds is 4. The van der Waals surface area contributed by atoms with Gasteiger partial charge in [0, 0.05) is 32.6 Å². The largest absolute Gasteiger partial charge is 0.379 e. The molecular weight excluding hydrogens is 295 g/mol. The number of carbonyl (C=O) groups is 1. The lowest BCUT2D eigenvalue weighted by Gasteiger charge is -2.37. The van der Waals surface area contributed by atoms with Crippen LogP contribution < -0.4 is 0 Å². The van der Waals surface area contributed by atoms with Gasteiger partial charge in [0.15, 0.2) is 0 Å². The third-order valence-corrected chi connectivity index (χ3v) is 4.82. The molecule has 0 spiro atoms. The molecule has 23 heavy (non-hydrogen) atoms. The van der Waals surface area contributed by atoms with Gasteiger partial charge < -0.3 is 9.64 Å². The number of morpholine rings is 1. The lowest BCUT2D eigenvalue weighted by molar-refractivity contribution is -0.135. The van der Waals surface area contributed by atoms with Crippen LogP contribution in [0.25, 0.3) is 0 Å². The molecule has 1 unspecified atom stereocenters. The minimum Gasteiger partial charge on any atom is -0.379 e. The van der Waals surface area contributed by atoms with Gasteiger partial charge in [-0.25, -0.2) is 4.39 Å². The van der Waals surface area contributed by atoms with E-state index in [1.165, 1.54) is 12.1 Å². The first kappa shape index (κ1) is 16.4. The van der Waals surface area contributed by atoms with Crippen molar-refractivity contribution in [2.75, 3.05) is 39.4 Å². The molecule has 0 aliphatic carbocycles. The van der Waals surface area contributed by atoms with Crippen molar-refractivity contribution in [3.8, 4) is 0 Å². The fourth-order valence-electron chi connectivity index (χ4n) is 3.48. The minimum atomic E-state index is -0.227. The first-order chi connectivity index (χ1) is 11.2. The van der Waals surface area contributed by atoms with Crippen LogP contribution in [0.4, 0.5) is 4.39 Å². The van der Waals surface area contributed by atoms with E-state index in [9.17, 15) is 9.18 Å². The summed E-state index contributed by atoms with van der Waals surface area (Å²) in [5.41, 5.74) is 1.05. The van der Waals surface area contributed by atoms with Crippen LogP contribution in [-0.2, 0) is 9.53 Å². The highest BCUT2D eigenvalue weighted by atomic mass is 19.1. The van der Waals surface area contributed by atoms with E-state index in [1.807, 2.05) is 17.0 Å². The Morgan fingerprint density at radius 2 is 1.87 bits per heavy atom. The molecule has 0 aromatic heterocycles. The normalized spacial score (nSPS) is 23.0. The number of nitrogens with zero attached hydrogens (tertiary/aromatic N) is 2. The van der Waals surface area contributed by atoms with E-state index in [-0.39, 0.29) is 17.8 Å². The molecule has 5 heteroatoms. The van der Waals surface area contributed by atoms with Crippen molar-refractivity contribution in [2.24, 2.45) is 0 Å². The molecule has 0 N–H and O–H groups in total. The molecule has 4 nitrogen and oxygen atoms in total. The average Bonchev–Trinajstić information content (AvgIpc) is 2.61. The van der Waals surface area contributed by atoms with Gasteiger partial charge in [-0.1, -0.05) is 12.1 Å². The second-order valence-electron chi connectivity index (χ2n) is 6.35. The SMILES string of the molecule is O=C(CCN1CCOCC1)N1CCCCC1c1ccc(F)cc1. The maximum absolute atomic E-state index is 13.1. The van der Waals surface area contributed by atoms with Crippen LogP contribution >= 0.6 is 0 Å². The Morgan fingerprint density at radius 1 is 1.13 bits per heavy atom. The highest BCUT2D eigenvalue weighted by Crippen LogP contribution is 2.31. The van der Waals surface area contributed by atoms with E-state index < -0.39 is 0 Å². The zero-order chi connectivity index (χ0) is 16.1. The van der Waals surface area contributed by atoms with Gasteiger partial charge in [0.1, 0.15) is 5.82 Å². The van der Waals surface area contributed by atoms with Crippen LogP contribution in [0.15, 0.2) is 24.3 Å². The Kier molecular flexibility index (Phi) is 5.62. The molecule has 2 heterocycles. The van der Waals surface area contributed by atoms with E-state index in [0.717, 1.165) is 64.2 Å². The molecule has 2 fully saturated rings. The second-order valence-corrected chi connectivity index (χ2v) is 6.35. The summed E-state index contributed by atoms with van der Waals surface area (Å²) in [6, 6.07) is 6.70. The number of carbonyl (C=O) groups excluding carboxylic acids is 1.